The molecule has 3 aromatic rings. The Morgan fingerprint density at radius 3 is 2.55 bits per heavy atom. The zero-order chi connectivity index (χ0) is 13.9. The van der Waals surface area contributed by atoms with Crippen LogP contribution in [0.1, 0.15) is 17.0 Å². The van der Waals surface area contributed by atoms with Crippen molar-refractivity contribution in [3.05, 3.63) is 66.0 Å². The van der Waals surface area contributed by atoms with Crippen LogP contribution in [0, 0.1) is 11.3 Å². The molecule has 1 N–H and O–H groups in total. The van der Waals surface area contributed by atoms with Gasteiger partial charge >= 0.3 is 0 Å². The average Bonchev–Trinajstić information content (AvgIpc) is 3.01. The molecule has 0 fully saturated rings. The summed E-state index contributed by atoms with van der Waals surface area (Å²) in [5.41, 5.74) is 1.99. The van der Waals surface area contributed by atoms with Crippen LogP contribution in [0.5, 0.6) is 5.75 Å². The quantitative estimate of drug-likeness (QED) is 0.779. The number of methoxy groups -OCH3 is 1. The van der Waals surface area contributed by atoms with Gasteiger partial charge < -0.3 is 9.72 Å². The molecule has 1 heterocycles. The maximum Gasteiger partial charge on any atom is 0.119 e. The molecule has 3 heteroatoms. The van der Waals surface area contributed by atoms with Gasteiger partial charge in [0.1, 0.15) is 5.75 Å². The van der Waals surface area contributed by atoms with Gasteiger partial charge in [0.05, 0.1) is 19.1 Å². The first kappa shape index (κ1) is 12.3. The number of H-pyrrole nitrogens is 1. The normalized spacial score (nSPS) is 12.0. The van der Waals surface area contributed by atoms with Crippen molar-refractivity contribution >= 4 is 10.8 Å². The van der Waals surface area contributed by atoms with Crippen LogP contribution in [0.25, 0.3) is 10.8 Å². The molecule has 1 aromatic heterocycles. The van der Waals surface area contributed by atoms with Crippen molar-refractivity contribution in [3.63, 3.8) is 0 Å². The predicted octanol–water partition coefficient (Wildman–Crippen LogP) is 3.83. The van der Waals surface area contributed by atoms with E-state index < -0.39 is 0 Å². The Bertz CT molecular complexity index is 769. The van der Waals surface area contributed by atoms with Crippen molar-refractivity contribution in [2.24, 2.45) is 0 Å². The summed E-state index contributed by atoms with van der Waals surface area (Å²) < 4.78 is 5.22. The number of hydrogen-bond acceptors (Lipinski definition) is 2. The van der Waals surface area contributed by atoms with Crippen LogP contribution in [0.3, 0.4) is 0 Å². The molecule has 3 rings (SSSR count). The zero-order valence-electron chi connectivity index (χ0n) is 11.1. The topological polar surface area (TPSA) is 48.8 Å². The lowest BCUT2D eigenvalue weighted by atomic mass is 9.93. The van der Waals surface area contributed by atoms with E-state index in [0.29, 0.717) is 0 Å². The van der Waals surface area contributed by atoms with Crippen LogP contribution in [0.2, 0.25) is 0 Å². The van der Waals surface area contributed by atoms with Gasteiger partial charge in [-0.05, 0) is 46.2 Å². The number of nitrogens with one attached hydrogen (secondary N) is 1. The molecule has 2 aromatic carbocycles. The van der Waals surface area contributed by atoms with Gasteiger partial charge in [-0.1, -0.05) is 18.2 Å². The van der Waals surface area contributed by atoms with E-state index in [9.17, 15) is 5.26 Å². The van der Waals surface area contributed by atoms with Crippen LogP contribution in [-0.2, 0) is 0 Å². The Balaban J connectivity index is 2.07. The van der Waals surface area contributed by atoms with Crippen molar-refractivity contribution in [1.29, 1.82) is 5.26 Å². The number of benzene rings is 2. The maximum absolute atomic E-state index is 9.42. The monoisotopic (exact) mass is 262 g/mol. The largest absolute Gasteiger partial charge is 0.497 e. The molecule has 98 valence electrons. The lowest BCUT2D eigenvalue weighted by molar-refractivity contribution is 0.415. The molecule has 20 heavy (non-hydrogen) atoms. The summed E-state index contributed by atoms with van der Waals surface area (Å²) in [4.78, 5) is 3.00. The Kier molecular flexibility index (Phi) is 3.14. The molecule has 0 bridgehead atoms. The molecule has 0 saturated carbocycles. The molecule has 0 aliphatic rings. The van der Waals surface area contributed by atoms with Crippen LogP contribution in [0.4, 0.5) is 0 Å². The SMILES string of the molecule is COc1ccc2cc(C(C#N)c3cc[nH]c3)ccc2c1. The second-order valence-electron chi connectivity index (χ2n) is 4.68. The smallest absolute Gasteiger partial charge is 0.119 e. The predicted molar refractivity (Wildman–Crippen MR) is 78.7 cm³/mol. The van der Waals surface area contributed by atoms with E-state index in [2.05, 4.69) is 17.1 Å². The number of aromatic amines is 1. The summed E-state index contributed by atoms with van der Waals surface area (Å²) in [5.74, 6) is 0.598. The van der Waals surface area contributed by atoms with E-state index in [-0.39, 0.29) is 5.92 Å². The molecule has 0 saturated heterocycles. The van der Waals surface area contributed by atoms with Crippen molar-refractivity contribution < 1.29 is 4.74 Å². The second-order valence-corrected chi connectivity index (χ2v) is 4.68. The lowest BCUT2D eigenvalue weighted by Crippen LogP contribution is -1.96. The number of fused-ring (bicyclic) bond motifs is 1. The van der Waals surface area contributed by atoms with Gasteiger partial charge in [0, 0.05) is 12.4 Å². The summed E-state index contributed by atoms with van der Waals surface area (Å²) >= 11 is 0. The third-order valence-electron chi connectivity index (χ3n) is 3.49. The van der Waals surface area contributed by atoms with Gasteiger partial charge in [-0.15, -0.1) is 0 Å². The summed E-state index contributed by atoms with van der Waals surface area (Å²) in [6, 6.07) is 16.3. The Labute approximate surface area is 117 Å². The molecular formula is C17H14N2O. The van der Waals surface area contributed by atoms with Crippen molar-refractivity contribution in [2.75, 3.05) is 7.11 Å². The highest BCUT2D eigenvalue weighted by Crippen LogP contribution is 2.28. The standard InChI is InChI=1S/C17H14N2O/c1-20-16-5-4-12-8-14(3-2-13(12)9-16)17(10-18)15-6-7-19-11-15/h2-9,11,17,19H,1H3. The molecule has 3 nitrogen and oxygen atoms in total. The van der Waals surface area contributed by atoms with Crippen LogP contribution in [-0.4, -0.2) is 12.1 Å². The molecule has 1 atom stereocenters. The maximum atomic E-state index is 9.42. The highest BCUT2D eigenvalue weighted by Gasteiger charge is 2.14. The lowest BCUT2D eigenvalue weighted by Gasteiger charge is -2.09. The molecule has 1 unspecified atom stereocenters. The zero-order valence-corrected chi connectivity index (χ0v) is 11.1. The van der Waals surface area contributed by atoms with E-state index >= 15 is 0 Å². The minimum absolute atomic E-state index is 0.243. The molecule has 0 aliphatic heterocycles. The Morgan fingerprint density at radius 2 is 1.85 bits per heavy atom. The van der Waals surface area contributed by atoms with Gasteiger partial charge in [0.15, 0.2) is 0 Å². The van der Waals surface area contributed by atoms with Crippen molar-refractivity contribution in [1.82, 2.24) is 4.98 Å². The Hall–Kier alpha value is -2.73. The average molecular weight is 262 g/mol. The minimum atomic E-state index is -0.243. The first-order chi connectivity index (χ1) is 9.81. The van der Waals surface area contributed by atoms with Crippen LogP contribution < -0.4 is 4.74 Å². The third kappa shape index (κ3) is 2.12. The molecule has 0 radical (unpaired) electrons. The number of rotatable bonds is 3. The van der Waals surface area contributed by atoms with E-state index in [1.807, 2.05) is 48.8 Å². The summed E-state index contributed by atoms with van der Waals surface area (Å²) in [6.45, 7) is 0. The van der Waals surface area contributed by atoms with Crippen molar-refractivity contribution in [2.45, 2.75) is 5.92 Å². The molecule has 0 aliphatic carbocycles. The fraction of sp³-hybridized carbons (Fsp3) is 0.118. The summed E-state index contributed by atoms with van der Waals surface area (Å²) in [5, 5.41) is 11.6. The van der Waals surface area contributed by atoms with Gasteiger partial charge in [-0.2, -0.15) is 5.26 Å². The van der Waals surface area contributed by atoms with Crippen LogP contribution >= 0.6 is 0 Å². The highest BCUT2D eigenvalue weighted by molar-refractivity contribution is 5.84. The van der Waals surface area contributed by atoms with Crippen LogP contribution in [0.15, 0.2) is 54.9 Å². The number of nitrogens with zero attached hydrogens (tertiary/aromatic N) is 1. The van der Waals surface area contributed by atoms with Crippen molar-refractivity contribution in [3.8, 4) is 11.8 Å². The van der Waals surface area contributed by atoms with E-state index in [0.717, 1.165) is 27.6 Å². The fourth-order valence-corrected chi connectivity index (χ4v) is 2.41. The minimum Gasteiger partial charge on any atom is -0.497 e. The Morgan fingerprint density at radius 1 is 1.05 bits per heavy atom. The number of aromatic nitrogens is 1. The van der Waals surface area contributed by atoms with E-state index in [1.165, 1.54) is 0 Å². The number of ether oxygens (including phenoxy) is 1. The first-order valence-electron chi connectivity index (χ1n) is 6.42. The fourth-order valence-electron chi connectivity index (χ4n) is 2.41. The first-order valence-corrected chi connectivity index (χ1v) is 6.42. The third-order valence-corrected chi connectivity index (χ3v) is 3.49. The number of hydrogen-bond donors (Lipinski definition) is 1. The molecule has 0 amide bonds. The highest BCUT2D eigenvalue weighted by atomic mass is 16.5. The van der Waals surface area contributed by atoms with Gasteiger partial charge in [0.2, 0.25) is 0 Å². The van der Waals surface area contributed by atoms with E-state index in [1.54, 1.807) is 7.11 Å². The van der Waals surface area contributed by atoms with E-state index in [4.69, 9.17) is 4.74 Å². The van der Waals surface area contributed by atoms with Gasteiger partial charge in [0.25, 0.3) is 0 Å². The van der Waals surface area contributed by atoms with Gasteiger partial charge in [-0.25, -0.2) is 0 Å². The number of nitriles is 1. The van der Waals surface area contributed by atoms with Gasteiger partial charge in [-0.3, -0.25) is 0 Å². The summed E-state index contributed by atoms with van der Waals surface area (Å²) in [6.07, 6.45) is 3.71. The molecular weight excluding hydrogens is 248 g/mol. The second kappa shape index (κ2) is 5.10. The summed E-state index contributed by atoms with van der Waals surface area (Å²) in [7, 11) is 1.66. The molecule has 0 spiro atoms.